The summed E-state index contributed by atoms with van der Waals surface area (Å²) in [5.41, 5.74) is 0.733. The average Bonchev–Trinajstić information content (AvgIpc) is 2.97. The second-order valence-corrected chi connectivity index (χ2v) is 6.86. The van der Waals surface area contributed by atoms with E-state index in [0.717, 1.165) is 4.90 Å². The van der Waals surface area contributed by atoms with Crippen LogP contribution < -0.4 is 5.32 Å². The zero-order valence-corrected chi connectivity index (χ0v) is 15.4. The van der Waals surface area contributed by atoms with Crippen molar-refractivity contribution in [2.24, 2.45) is 0 Å². The van der Waals surface area contributed by atoms with E-state index >= 15 is 0 Å². The Balaban J connectivity index is 1.50. The molecule has 4 amide bonds. The summed E-state index contributed by atoms with van der Waals surface area (Å²) >= 11 is 0. The quantitative estimate of drug-likeness (QED) is 0.795. The lowest BCUT2D eigenvalue weighted by atomic mass is 10.0. The summed E-state index contributed by atoms with van der Waals surface area (Å²) in [6, 6.07) is 11.2. The van der Waals surface area contributed by atoms with E-state index in [-0.39, 0.29) is 31.6 Å². The Morgan fingerprint density at radius 2 is 1.62 bits per heavy atom. The van der Waals surface area contributed by atoms with Gasteiger partial charge in [-0.25, -0.2) is 4.39 Å². The first kappa shape index (κ1) is 18.8. The summed E-state index contributed by atoms with van der Waals surface area (Å²) < 4.78 is 14.3. The van der Waals surface area contributed by atoms with Gasteiger partial charge in [0, 0.05) is 31.6 Å². The lowest BCUT2D eigenvalue weighted by molar-refractivity contribution is -0.143. The molecule has 2 aliphatic heterocycles. The highest BCUT2D eigenvalue weighted by molar-refractivity contribution is 6.21. The number of fused-ring (bicyclic) bond motifs is 1. The van der Waals surface area contributed by atoms with Crippen molar-refractivity contribution in [3.05, 3.63) is 71.0 Å². The summed E-state index contributed by atoms with van der Waals surface area (Å²) in [6.07, 6.45) is -0.149. The van der Waals surface area contributed by atoms with E-state index in [2.05, 4.69) is 5.32 Å². The van der Waals surface area contributed by atoms with Crippen LogP contribution in [0.3, 0.4) is 0 Å². The van der Waals surface area contributed by atoms with Gasteiger partial charge >= 0.3 is 0 Å². The highest BCUT2D eigenvalue weighted by Crippen LogP contribution is 2.27. The molecule has 1 saturated heterocycles. The number of imide groups is 1. The molecule has 0 spiro atoms. The van der Waals surface area contributed by atoms with Crippen molar-refractivity contribution < 1.29 is 23.6 Å². The van der Waals surface area contributed by atoms with E-state index in [0.29, 0.717) is 11.1 Å². The monoisotopic (exact) mass is 395 g/mol. The first-order valence-electron chi connectivity index (χ1n) is 9.26. The molecule has 0 aliphatic carbocycles. The minimum atomic E-state index is -1.08. The van der Waals surface area contributed by atoms with Gasteiger partial charge in [-0.1, -0.05) is 30.3 Å². The summed E-state index contributed by atoms with van der Waals surface area (Å²) in [5.74, 6) is -2.35. The van der Waals surface area contributed by atoms with Crippen molar-refractivity contribution in [2.75, 3.05) is 19.6 Å². The molecule has 29 heavy (non-hydrogen) atoms. The van der Waals surface area contributed by atoms with E-state index < -0.39 is 35.5 Å². The number of carbonyl (C=O) groups excluding carboxylic acids is 4. The van der Waals surface area contributed by atoms with Crippen LogP contribution in [0, 0.1) is 5.82 Å². The number of rotatable bonds is 4. The van der Waals surface area contributed by atoms with Crippen LogP contribution in [-0.2, 0) is 9.59 Å². The van der Waals surface area contributed by atoms with E-state index in [1.165, 1.54) is 23.1 Å². The Morgan fingerprint density at radius 3 is 2.28 bits per heavy atom. The smallest absolute Gasteiger partial charge is 0.261 e. The fraction of sp³-hybridized carbons (Fsp3) is 0.238. The minimum absolute atomic E-state index is 0.104. The summed E-state index contributed by atoms with van der Waals surface area (Å²) in [4.78, 5) is 52.5. The van der Waals surface area contributed by atoms with Gasteiger partial charge in [-0.15, -0.1) is 0 Å². The average molecular weight is 395 g/mol. The van der Waals surface area contributed by atoms with Gasteiger partial charge in [-0.05, 0) is 18.2 Å². The van der Waals surface area contributed by atoms with Crippen LogP contribution in [0.1, 0.15) is 38.7 Å². The predicted octanol–water partition coefficient (Wildman–Crippen LogP) is 1.51. The standard InChI is InChI=1S/C21H18FN3O4/c22-16-8-4-3-7-15(16)18-19(27)23-10-12-24(18)17(26)9-11-25-20(28)13-5-1-2-6-14(13)21(25)29/h1-8,18H,9-12H2,(H,23,27). The van der Waals surface area contributed by atoms with Gasteiger partial charge in [0.2, 0.25) is 11.8 Å². The Kier molecular flexibility index (Phi) is 4.84. The maximum absolute atomic E-state index is 14.3. The first-order chi connectivity index (χ1) is 14.0. The molecule has 0 aromatic heterocycles. The number of hydrogen-bond donors (Lipinski definition) is 1. The maximum atomic E-state index is 14.3. The lowest BCUT2D eigenvalue weighted by Gasteiger charge is -2.35. The van der Waals surface area contributed by atoms with Gasteiger partial charge in [-0.3, -0.25) is 24.1 Å². The van der Waals surface area contributed by atoms with Crippen LogP contribution in [0.25, 0.3) is 0 Å². The molecule has 2 aromatic carbocycles. The van der Waals surface area contributed by atoms with Crippen LogP contribution in [0.2, 0.25) is 0 Å². The SMILES string of the molecule is O=C1NCCN(C(=O)CCN2C(=O)c3ccccc3C2=O)C1c1ccccc1F. The molecule has 1 atom stereocenters. The van der Waals surface area contributed by atoms with Gasteiger partial charge in [0.1, 0.15) is 11.9 Å². The molecule has 148 valence electrons. The third-order valence-electron chi connectivity index (χ3n) is 5.16. The second kappa shape index (κ2) is 7.46. The molecule has 1 fully saturated rings. The topological polar surface area (TPSA) is 86.8 Å². The Morgan fingerprint density at radius 1 is 1.00 bits per heavy atom. The third kappa shape index (κ3) is 3.26. The number of halogens is 1. The molecule has 2 heterocycles. The predicted molar refractivity (Wildman–Crippen MR) is 100 cm³/mol. The second-order valence-electron chi connectivity index (χ2n) is 6.86. The fourth-order valence-electron chi connectivity index (χ4n) is 3.73. The van der Waals surface area contributed by atoms with Crippen LogP contribution in [0.5, 0.6) is 0 Å². The van der Waals surface area contributed by atoms with E-state index in [1.807, 2.05) is 0 Å². The van der Waals surface area contributed by atoms with Gasteiger partial charge in [0.15, 0.2) is 0 Å². The Hall–Kier alpha value is -3.55. The van der Waals surface area contributed by atoms with Crippen LogP contribution >= 0.6 is 0 Å². The highest BCUT2D eigenvalue weighted by Gasteiger charge is 2.38. The van der Waals surface area contributed by atoms with E-state index in [9.17, 15) is 23.6 Å². The normalized spacial score (nSPS) is 18.7. The van der Waals surface area contributed by atoms with Crippen molar-refractivity contribution in [2.45, 2.75) is 12.5 Å². The Bertz CT molecular complexity index is 987. The maximum Gasteiger partial charge on any atom is 0.261 e. The van der Waals surface area contributed by atoms with Gasteiger partial charge in [-0.2, -0.15) is 0 Å². The minimum Gasteiger partial charge on any atom is -0.352 e. The molecule has 2 aromatic rings. The molecule has 0 bridgehead atoms. The number of piperazine rings is 1. The van der Waals surface area contributed by atoms with E-state index in [4.69, 9.17) is 0 Å². The number of hydrogen-bond acceptors (Lipinski definition) is 4. The number of carbonyl (C=O) groups is 4. The summed E-state index contributed by atoms with van der Waals surface area (Å²) in [5, 5.41) is 2.65. The zero-order valence-electron chi connectivity index (χ0n) is 15.4. The third-order valence-corrected chi connectivity index (χ3v) is 5.16. The molecular formula is C21H18FN3O4. The van der Waals surface area contributed by atoms with Gasteiger partial charge < -0.3 is 10.2 Å². The zero-order chi connectivity index (χ0) is 20.5. The highest BCUT2D eigenvalue weighted by atomic mass is 19.1. The largest absolute Gasteiger partial charge is 0.352 e. The Labute approximate surface area is 166 Å². The van der Waals surface area contributed by atoms with Crippen molar-refractivity contribution in [3.63, 3.8) is 0 Å². The van der Waals surface area contributed by atoms with Gasteiger partial charge in [0.25, 0.3) is 11.8 Å². The molecule has 1 N–H and O–H groups in total. The molecule has 4 rings (SSSR count). The molecule has 0 saturated carbocycles. The molecule has 2 aliphatic rings. The van der Waals surface area contributed by atoms with Crippen LogP contribution in [0.15, 0.2) is 48.5 Å². The summed E-state index contributed by atoms with van der Waals surface area (Å²) in [7, 11) is 0. The van der Waals surface area contributed by atoms with Crippen molar-refractivity contribution in [1.82, 2.24) is 15.1 Å². The van der Waals surface area contributed by atoms with Crippen molar-refractivity contribution >= 4 is 23.6 Å². The lowest BCUT2D eigenvalue weighted by Crippen LogP contribution is -2.52. The number of nitrogens with zero attached hydrogens (tertiary/aromatic N) is 2. The van der Waals surface area contributed by atoms with E-state index in [1.54, 1.807) is 30.3 Å². The first-order valence-corrected chi connectivity index (χ1v) is 9.26. The van der Waals surface area contributed by atoms with Crippen LogP contribution in [-0.4, -0.2) is 53.1 Å². The fourth-order valence-corrected chi connectivity index (χ4v) is 3.73. The molecular weight excluding hydrogens is 377 g/mol. The summed E-state index contributed by atoms with van der Waals surface area (Å²) in [6.45, 7) is 0.363. The van der Waals surface area contributed by atoms with Crippen LogP contribution in [0.4, 0.5) is 4.39 Å². The molecule has 0 radical (unpaired) electrons. The number of amides is 4. The molecule has 8 heteroatoms. The molecule has 1 unspecified atom stereocenters. The number of nitrogens with one attached hydrogen (secondary N) is 1. The molecule has 7 nitrogen and oxygen atoms in total. The van der Waals surface area contributed by atoms with Crippen molar-refractivity contribution in [1.29, 1.82) is 0 Å². The van der Waals surface area contributed by atoms with Gasteiger partial charge in [0.05, 0.1) is 11.1 Å². The number of benzene rings is 2. The van der Waals surface area contributed by atoms with Crippen molar-refractivity contribution in [3.8, 4) is 0 Å².